The van der Waals surface area contributed by atoms with E-state index in [1.807, 2.05) is 6.07 Å². The van der Waals surface area contributed by atoms with Crippen LogP contribution < -0.4 is 5.32 Å². The predicted octanol–water partition coefficient (Wildman–Crippen LogP) is 2.92. The first-order chi connectivity index (χ1) is 10.3. The molecule has 1 aliphatic heterocycles. The molecule has 4 nitrogen and oxygen atoms in total. The van der Waals surface area contributed by atoms with Gasteiger partial charge < -0.3 is 10.4 Å². The van der Waals surface area contributed by atoms with E-state index in [-0.39, 0.29) is 0 Å². The normalized spacial score (nSPS) is 18.6. The average Bonchev–Trinajstić information content (AvgIpc) is 2.54. The molecule has 0 saturated carbocycles. The van der Waals surface area contributed by atoms with Gasteiger partial charge in [-0.05, 0) is 56.0 Å². The largest absolute Gasteiger partial charge is 0.508 e. The Morgan fingerprint density at radius 2 is 2.14 bits per heavy atom. The molecule has 3 rings (SSSR count). The van der Waals surface area contributed by atoms with Crippen LogP contribution in [0.3, 0.4) is 0 Å². The second-order valence-corrected chi connectivity index (χ2v) is 5.66. The van der Waals surface area contributed by atoms with E-state index >= 15 is 0 Å². The van der Waals surface area contributed by atoms with E-state index in [1.54, 1.807) is 24.7 Å². The molecule has 110 valence electrons. The lowest BCUT2D eigenvalue weighted by atomic mass is 9.97. The van der Waals surface area contributed by atoms with Crippen LogP contribution >= 0.6 is 0 Å². The van der Waals surface area contributed by atoms with Crippen molar-refractivity contribution in [2.24, 2.45) is 0 Å². The number of hydrogen-bond acceptors (Lipinski definition) is 4. The fourth-order valence-corrected chi connectivity index (χ4v) is 2.93. The highest BCUT2D eigenvalue weighted by atomic mass is 16.3. The Balaban J connectivity index is 1.72. The van der Waals surface area contributed by atoms with Crippen LogP contribution in [-0.2, 0) is 6.42 Å². The minimum absolute atomic E-state index is 0.296. The van der Waals surface area contributed by atoms with Crippen LogP contribution in [0.25, 0.3) is 11.3 Å². The third-order valence-corrected chi connectivity index (χ3v) is 4.03. The third-order valence-electron chi connectivity index (χ3n) is 4.03. The van der Waals surface area contributed by atoms with Crippen LogP contribution in [0.2, 0.25) is 0 Å². The second-order valence-electron chi connectivity index (χ2n) is 5.66. The Bertz CT molecular complexity index is 580. The summed E-state index contributed by atoms with van der Waals surface area (Å²) in [6.07, 6.45) is 11.0. The van der Waals surface area contributed by atoms with Crippen LogP contribution in [0, 0.1) is 0 Å². The van der Waals surface area contributed by atoms with E-state index in [1.165, 1.54) is 19.3 Å². The van der Waals surface area contributed by atoms with Gasteiger partial charge in [0, 0.05) is 24.0 Å². The van der Waals surface area contributed by atoms with Crippen molar-refractivity contribution in [2.45, 2.75) is 38.1 Å². The molecule has 1 aliphatic rings. The lowest BCUT2D eigenvalue weighted by Crippen LogP contribution is -2.34. The molecule has 1 aromatic heterocycles. The summed E-state index contributed by atoms with van der Waals surface area (Å²) in [4.78, 5) is 8.38. The molecule has 2 heterocycles. The van der Waals surface area contributed by atoms with E-state index < -0.39 is 0 Å². The van der Waals surface area contributed by atoms with Crippen molar-refractivity contribution >= 4 is 0 Å². The van der Waals surface area contributed by atoms with Crippen LogP contribution in [0.4, 0.5) is 0 Å². The molecule has 0 spiro atoms. The maximum Gasteiger partial charge on any atom is 0.116 e. The lowest BCUT2D eigenvalue weighted by molar-refractivity contribution is 0.382. The summed E-state index contributed by atoms with van der Waals surface area (Å²) in [7, 11) is 0. The van der Waals surface area contributed by atoms with Gasteiger partial charge in [-0.3, -0.25) is 9.97 Å². The lowest BCUT2D eigenvalue weighted by Gasteiger charge is -2.23. The summed E-state index contributed by atoms with van der Waals surface area (Å²) in [5, 5.41) is 13.5. The number of phenolic OH excluding ortho intramolecular Hbond substituents is 1. The average molecular weight is 283 g/mol. The maximum absolute atomic E-state index is 9.93. The first-order valence-corrected chi connectivity index (χ1v) is 7.64. The number of aromatic hydroxyl groups is 1. The highest BCUT2D eigenvalue weighted by molar-refractivity contribution is 5.61. The molecule has 0 aliphatic carbocycles. The standard InChI is InChI=1S/C17H21N3O/c21-16-10-13(4-5-15-3-1-2-6-19-15)9-14(11-16)17-12-18-7-8-20-17/h7-12,15,19,21H,1-6H2/t15-/m0/s1. The number of nitrogens with one attached hydrogen (secondary N) is 1. The number of piperidine rings is 1. The molecule has 4 heteroatoms. The van der Waals surface area contributed by atoms with Gasteiger partial charge in [-0.15, -0.1) is 0 Å². The molecule has 0 radical (unpaired) electrons. The quantitative estimate of drug-likeness (QED) is 0.906. The number of rotatable bonds is 4. The molecular formula is C17H21N3O. The molecule has 1 fully saturated rings. The van der Waals surface area contributed by atoms with Crippen LogP contribution in [0.1, 0.15) is 31.2 Å². The zero-order valence-electron chi connectivity index (χ0n) is 12.1. The minimum Gasteiger partial charge on any atom is -0.508 e. The Kier molecular flexibility index (Phi) is 4.46. The molecular weight excluding hydrogens is 262 g/mol. The minimum atomic E-state index is 0.296. The molecule has 0 amide bonds. The Labute approximate surface area is 125 Å². The zero-order valence-corrected chi connectivity index (χ0v) is 12.1. The Hall–Kier alpha value is -1.94. The maximum atomic E-state index is 9.93. The van der Waals surface area contributed by atoms with E-state index in [0.29, 0.717) is 11.8 Å². The van der Waals surface area contributed by atoms with Crippen LogP contribution in [0.15, 0.2) is 36.8 Å². The van der Waals surface area contributed by atoms with Gasteiger partial charge in [0.25, 0.3) is 0 Å². The van der Waals surface area contributed by atoms with Crippen molar-refractivity contribution in [3.8, 4) is 17.0 Å². The van der Waals surface area contributed by atoms with Gasteiger partial charge in [0.1, 0.15) is 5.75 Å². The summed E-state index contributed by atoms with van der Waals surface area (Å²) in [6, 6.07) is 6.31. The topological polar surface area (TPSA) is 58.0 Å². The summed E-state index contributed by atoms with van der Waals surface area (Å²) >= 11 is 0. The number of benzene rings is 1. The molecule has 2 aromatic rings. The van der Waals surface area contributed by atoms with Crippen LogP contribution in [-0.4, -0.2) is 27.7 Å². The molecule has 0 bridgehead atoms. The van der Waals surface area contributed by atoms with Crippen LogP contribution in [0.5, 0.6) is 5.75 Å². The van der Waals surface area contributed by atoms with Gasteiger partial charge in [-0.1, -0.05) is 6.42 Å². The number of nitrogens with zero attached hydrogens (tertiary/aromatic N) is 2. The van der Waals surface area contributed by atoms with Crippen molar-refractivity contribution in [3.63, 3.8) is 0 Å². The van der Waals surface area contributed by atoms with Crippen molar-refractivity contribution in [1.29, 1.82) is 0 Å². The molecule has 21 heavy (non-hydrogen) atoms. The Morgan fingerprint density at radius 3 is 2.90 bits per heavy atom. The van der Waals surface area contributed by atoms with E-state index in [4.69, 9.17) is 0 Å². The van der Waals surface area contributed by atoms with E-state index in [9.17, 15) is 5.11 Å². The number of aromatic nitrogens is 2. The van der Waals surface area contributed by atoms with E-state index in [2.05, 4.69) is 21.4 Å². The summed E-state index contributed by atoms with van der Waals surface area (Å²) < 4.78 is 0. The SMILES string of the molecule is Oc1cc(CC[C@@H]2CCCCN2)cc(-c2cnccn2)c1. The zero-order chi connectivity index (χ0) is 14.5. The summed E-state index contributed by atoms with van der Waals surface area (Å²) in [6.45, 7) is 1.13. The first-order valence-electron chi connectivity index (χ1n) is 7.64. The van der Waals surface area contributed by atoms with Crippen molar-refractivity contribution < 1.29 is 5.11 Å². The first kappa shape index (κ1) is 14.0. The molecule has 2 N–H and O–H groups in total. The molecule has 0 unspecified atom stereocenters. The van der Waals surface area contributed by atoms with Crippen molar-refractivity contribution in [1.82, 2.24) is 15.3 Å². The Morgan fingerprint density at radius 1 is 1.19 bits per heavy atom. The summed E-state index contributed by atoms with van der Waals surface area (Å²) in [5.74, 6) is 0.296. The predicted molar refractivity (Wildman–Crippen MR) is 83.1 cm³/mol. The highest BCUT2D eigenvalue weighted by Crippen LogP contribution is 2.25. The highest BCUT2D eigenvalue weighted by Gasteiger charge is 2.13. The second kappa shape index (κ2) is 6.68. The summed E-state index contributed by atoms with van der Waals surface area (Å²) in [5.41, 5.74) is 2.88. The van der Waals surface area contributed by atoms with Gasteiger partial charge >= 0.3 is 0 Å². The number of phenols is 1. The van der Waals surface area contributed by atoms with Gasteiger partial charge in [-0.25, -0.2) is 0 Å². The number of hydrogen-bond donors (Lipinski definition) is 2. The van der Waals surface area contributed by atoms with Gasteiger partial charge in [-0.2, -0.15) is 0 Å². The fraction of sp³-hybridized carbons (Fsp3) is 0.412. The van der Waals surface area contributed by atoms with E-state index in [0.717, 1.165) is 36.2 Å². The molecule has 1 atom stereocenters. The number of aryl methyl sites for hydroxylation is 1. The van der Waals surface area contributed by atoms with Crippen molar-refractivity contribution in [3.05, 3.63) is 42.4 Å². The van der Waals surface area contributed by atoms with Gasteiger partial charge in [0.2, 0.25) is 0 Å². The van der Waals surface area contributed by atoms with Gasteiger partial charge in [0.15, 0.2) is 0 Å². The fourth-order valence-electron chi connectivity index (χ4n) is 2.93. The molecule has 1 saturated heterocycles. The monoisotopic (exact) mass is 283 g/mol. The molecule has 1 aromatic carbocycles. The van der Waals surface area contributed by atoms with Gasteiger partial charge in [0.05, 0.1) is 11.9 Å². The van der Waals surface area contributed by atoms with Crippen molar-refractivity contribution in [2.75, 3.05) is 6.54 Å². The third kappa shape index (κ3) is 3.79. The smallest absolute Gasteiger partial charge is 0.116 e.